The monoisotopic (exact) mass is 440 g/mol. The average Bonchev–Trinajstić information content (AvgIpc) is 3.15. The number of ether oxygens (including phenoxy) is 2. The highest BCUT2D eigenvalue weighted by Crippen LogP contribution is 2.22. The topological polar surface area (TPSA) is 94.6 Å². The van der Waals surface area contributed by atoms with Crippen LogP contribution in [0.15, 0.2) is 48.5 Å². The molecule has 0 aliphatic rings. The number of carbonyl (C=O) groups excluding carboxylic acids is 3. The van der Waals surface area contributed by atoms with Gasteiger partial charge in [0.15, 0.2) is 6.61 Å². The first kappa shape index (κ1) is 22.4. The minimum atomic E-state index is -0.447. The molecule has 1 aromatic heterocycles. The van der Waals surface area contributed by atoms with Crippen LogP contribution in [-0.2, 0) is 25.5 Å². The maximum absolute atomic E-state index is 12.0. The fraction of sp³-hybridized carbons (Fsp3) is 0.304. The number of benzene rings is 2. The van der Waals surface area contributed by atoms with E-state index in [9.17, 15) is 14.4 Å². The van der Waals surface area contributed by atoms with Gasteiger partial charge in [0, 0.05) is 12.1 Å². The molecule has 3 aromatic rings. The van der Waals surface area contributed by atoms with Crippen molar-refractivity contribution >= 4 is 45.1 Å². The quantitative estimate of drug-likeness (QED) is 0.497. The molecule has 0 saturated carbocycles. The number of esters is 2. The first-order chi connectivity index (χ1) is 14.9. The van der Waals surface area contributed by atoms with Crippen molar-refractivity contribution < 1.29 is 23.9 Å². The standard InChI is InChI=1S/C23H24N2O5S/c1-15(2)30-23(28)16-10-12-17(13-11-16)24-20(26)14-29-22(27)9-5-8-21-25-18-6-3-4-7-19(18)31-21/h3-4,6-7,10-13,15H,5,8-9,14H2,1-2H3,(H,24,26). The van der Waals surface area contributed by atoms with Crippen LogP contribution < -0.4 is 5.32 Å². The number of fused-ring (bicyclic) bond motifs is 1. The second-order valence-electron chi connectivity index (χ2n) is 7.17. The number of nitrogens with one attached hydrogen (secondary N) is 1. The molecule has 1 heterocycles. The molecule has 1 N–H and O–H groups in total. The summed E-state index contributed by atoms with van der Waals surface area (Å²) in [7, 11) is 0. The summed E-state index contributed by atoms with van der Waals surface area (Å²) in [6.07, 6.45) is 1.30. The van der Waals surface area contributed by atoms with Crippen LogP contribution in [0.3, 0.4) is 0 Å². The van der Waals surface area contributed by atoms with Crippen LogP contribution in [0.5, 0.6) is 0 Å². The SMILES string of the molecule is CC(C)OC(=O)c1ccc(NC(=O)COC(=O)CCCc2nc3ccccc3s2)cc1. The Kier molecular flexibility index (Phi) is 7.72. The van der Waals surface area contributed by atoms with Gasteiger partial charge in [-0.1, -0.05) is 12.1 Å². The van der Waals surface area contributed by atoms with Crippen molar-refractivity contribution in [3.63, 3.8) is 0 Å². The van der Waals surface area contributed by atoms with E-state index in [4.69, 9.17) is 9.47 Å². The summed E-state index contributed by atoms with van der Waals surface area (Å²) in [4.78, 5) is 40.2. The molecule has 31 heavy (non-hydrogen) atoms. The molecule has 1 amide bonds. The van der Waals surface area contributed by atoms with Crippen LogP contribution in [0.25, 0.3) is 10.2 Å². The number of hydrogen-bond donors (Lipinski definition) is 1. The Hall–Kier alpha value is -3.26. The third-order valence-electron chi connectivity index (χ3n) is 4.22. The highest BCUT2D eigenvalue weighted by molar-refractivity contribution is 7.18. The van der Waals surface area contributed by atoms with E-state index in [2.05, 4.69) is 10.3 Å². The van der Waals surface area contributed by atoms with Gasteiger partial charge in [-0.3, -0.25) is 9.59 Å². The lowest BCUT2D eigenvalue weighted by Gasteiger charge is -2.09. The number of anilines is 1. The van der Waals surface area contributed by atoms with Gasteiger partial charge in [0.1, 0.15) is 0 Å². The minimum absolute atomic E-state index is 0.206. The number of amides is 1. The molecule has 3 rings (SSSR count). The van der Waals surface area contributed by atoms with Gasteiger partial charge >= 0.3 is 11.9 Å². The van der Waals surface area contributed by atoms with Crippen molar-refractivity contribution in [3.8, 4) is 0 Å². The minimum Gasteiger partial charge on any atom is -0.459 e. The number of aromatic nitrogens is 1. The van der Waals surface area contributed by atoms with Gasteiger partial charge in [0.05, 0.1) is 26.9 Å². The second-order valence-corrected chi connectivity index (χ2v) is 8.28. The zero-order chi connectivity index (χ0) is 22.2. The molecule has 8 heteroatoms. The Morgan fingerprint density at radius 2 is 1.81 bits per heavy atom. The number of carbonyl (C=O) groups is 3. The van der Waals surface area contributed by atoms with E-state index >= 15 is 0 Å². The molecule has 0 aliphatic heterocycles. The predicted molar refractivity (Wildman–Crippen MR) is 119 cm³/mol. The van der Waals surface area contributed by atoms with Crippen molar-refractivity contribution in [1.29, 1.82) is 0 Å². The molecule has 0 fully saturated rings. The lowest BCUT2D eigenvalue weighted by atomic mass is 10.2. The van der Waals surface area contributed by atoms with E-state index in [-0.39, 0.29) is 19.1 Å². The van der Waals surface area contributed by atoms with Gasteiger partial charge in [-0.05, 0) is 63.1 Å². The smallest absolute Gasteiger partial charge is 0.338 e. The molecule has 2 aromatic carbocycles. The highest BCUT2D eigenvalue weighted by atomic mass is 32.1. The fourth-order valence-corrected chi connectivity index (χ4v) is 3.81. The van der Waals surface area contributed by atoms with Gasteiger partial charge in [-0.15, -0.1) is 11.3 Å². The summed E-state index contributed by atoms with van der Waals surface area (Å²) in [5.74, 6) is -1.30. The molecule has 162 valence electrons. The lowest BCUT2D eigenvalue weighted by Crippen LogP contribution is -2.21. The van der Waals surface area contributed by atoms with Crippen LogP contribution in [0.1, 0.15) is 42.1 Å². The average molecular weight is 441 g/mol. The second kappa shape index (κ2) is 10.7. The summed E-state index contributed by atoms with van der Waals surface area (Å²) < 4.78 is 11.3. The molecule has 0 radical (unpaired) electrons. The Bertz CT molecular complexity index is 1030. The molecule has 0 atom stereocenters. The van der Waals surface area contributed by atoms with E-state index in [0.29, 0.717) is 24.1 Å². The third kappa shape index (κ3) is 6.89. The van der Waals surface area contributed by atoms with E-state index in [1.54, 1.807) is 49.4 Å². The van der Waals surface area contributed by atoms with E-state index in [1.807, 2.05) is 24.3 Å². The Morgan fingerprint density at radius 3 is 2.52 bits per heavy atom. The molecule has 0 aliphatic carbocycles. The largest absolute Gasteiger partial charge is 0.459 e. The summed E-state index contributed by atoms with van der Waals surface area (Å²) in [6.45, 7) is 3.18. The number of aryl methyl sites for hydroxylation is 1. The molecule has 0 bridgehead atoms. The van der Waals surface area contributed by atoms with Gasteiger partial charge in [0.25, 0.3) is 5.91 Å². The maximum atomic E-state index is 12.0. The number of para-hydroxylation sites is 1. The van der Waals surface area contributed by atoms with Crippen LogP contribution >= 0.6 is 11.3 Å². The summed E-state index contributed by atoms with van der Waals surface area (Å²) >= 11 is 1.62. The Labute approximate surface area is 184 Å². The van der Waals surface area contributed by atoms with E-state index in [1.165, 1.54) is 0 Å². The fourth-order valence-electron chi connectivity index (χ4n) is 2.80. The van der Waals surface area contributed by atoms with Crippen molar-refractivity contribution in [2.75, 3.05) is 11.9 Å². The van der Waals surface area contributed by atoms with E-state index in [0.717, 1.165) is 15.2 Å². The number of hydrogen-bond acceptors (Lipinski definition) is 7. The molecule has 7 nitrogen and oxygen atoms in total. The number of nitrogens with zero attached hydrogens (tertiary/aromatic N) is 1. The zero-order valence-corrected chi connectivity index (χ0v) is 18.2. The van der Waals surface area contributed by atoms with Crippen LogP contribution in [-0.4, -0.2) is 35.5 Å². The van der Waals surface area contributed by atoms with Crippen molar-refractivity contribution in [2.24, 2.45) is 0 Å². The molecule has 0 spiro atoms. The van der Waals surface area contributed by atoms with Crippen molar-refractivity contribution in [3.05, 3.63) is 59.1 Å². The predicted octanol–water partition coefficient (Wildman–Crippen LogP) is 4.37. The van der Waals surface area contributed by atoms with Gasteiger partial charge in [0.2, 0.25) is 0 Å². The summed E-state index contributed by atoms with van der Waals surface area (Å²) in [6, 6.07) is 14.2. The maximum Gasteiger partial charge on any atom is 0.338 e. The molecular formula is C23H24N2O5S. The van der Waals surface area contributed by atoms with Gasteiger partial charge in [-0.25, -0.2) is 9.78 Å². The van der Waals surface area contributed by atoms with Crippen molar-refractivity contribution in [1.82, 2.24) is 4.98 Å². The van der Waals surface area contributed by atoms with Gasteiger partial charge < -0.3 is 14.8 Å². The molecular weight excluding hydrogens is 416 g/mol. The zero-order valence-electron chi connectivity index (χ0n) is 17.4. The number of rotatable bonds is 9. The van der Waals surface area contributed by atoms with Gasteiger partial charge in [-0.2, -0.15) is 0 Å². The summed E-state index contributed by atoms with van der Waals surface area (Å²) in [5, 5.41) is 3.60. The summed E-state index contributed by atoms with van der Waals surface area (Å²) in [5.41, 5.74) is 1.86. The van der Waals surface area contributed by atoms with Crippen LogP contribution in [0, 0.1) is 0 Å². The molecule has 0 unspecified atom stereocenters. The highest BCUT2D eigenvalue weighted by Gasteiger charge is 2.11. The number of thiazole rings is 1. The van der Waals surface area contributed by atoms with Crippen LogP contribution in [0.4, 0.5) is 5.69 Å². The van der Waals surface area contributed by atoms with Crippen LogP contribution in [0.2, 0.25) is 0 Å². The first-order valence-electron chi connectivity index (χ1n) is 10.0. The van der Waals surface area contributed by atoms with Crippen molar-refractivity contribution in [2.45, 2.75) is 39.2 Å². The molecule has 0 saturated heterocycles. The Balaban J connectivity index is 1.37. The Morgan fingerprint density at radius 1 is 1.06 bits per heavy atom. The lowest BCUT2D eigenvalue weighted by molar-refractivity contribution is -0.147. The third-order valence-corrected chi connectivity index (χ3v) is 5.32. The van der Waals surface area contributed by atoms with E-state index < -0.39 is 17.8 Å². The first-order valence-corrected chi connectivity index (χ1v) is 10.8. The normalized spacial score (nSPS) is 10.8.